The molecule has 0 spiro atoms. The summed E-state index contributed by atoms with van der Waals surface area (Å²) in [5.41, 5.74) is 3.12. The number of hydrogen-bond donors (Lipinski definition) is 1. The summed E-state index contributed by atoms with van der Waals surface area (Å²) < 4.78 is 10.6. The molecule has 2 aromatic carbocycles. The monoisotopic (exact) mass is 417 g/mol. The van der Waals surface area contributed by atoms with Gasteiger partial charge in [0.05, 0.1) is 31.3 Å². The maximum Gasteiger partial charge on any atom is 0.294 e. The number of para-hydroxylation sites is 1. The van der Waals surface area contributed by atoms with Gasteiger partial charge in [0.2, 0.25) is 0 Å². The number of carbonyl (C=O) groups excluding carboxylic acids is 2. The van der Waals surface area contributed by atoms with E-state index in [1.54, 1.807) is 50.6 Å². The van der Waals surface area contributed by atoms with Crippen molar-refractivity contribution >= 4 is 17.4 Å². The number of nitrogens with zero attached hydrogens (tertiary/aromatic N) is 1. The quantitative estimate of drug-likeness (QED) is 0.605. The minimum atomic E-state index is -0.793. The summed E-state index contributed by atoms with van der Waals surface area (Å²) >= 11 is 0. The SMILES string of the molecule is COc1ccccc1[C@H]1C(C(=O)C(C)C)=C(O)C(=O)N1c1ccc(-c2ccoc2)cc1. The lowest BCUT2D eigenvalue weighted by Gasteiger charge is -2.28. The van der Waals surface area contributed by atoms with Crippen molar-refractivity contribution in [3.8, 4) is 16.9 Å². The Morgan fingerprint density at radius 3 is 2.39 bits per heavy atom. The summed E-state index contributed by atoms with van der Waals surface area (Å²) in [5.74, 6) is -1.27. The maximum absolute atomic E-state index is 13.2. The summed E-state index contributed by atoms with van der Waals surface area (Å²) in [4.78, 5) is 27.6. The van der Waals surface area contributed by atoms with Crippen molar-refractivity contribution in [3.63, 3.8) is 0 Å². The molecule has 0 radical (unpaired) electrons. The fraction of sp³-hybridized carbons (Fsp3) is 0.200. The molecular weight excluding hydrogens is 394 g/mol. The van der Waals surface area contributed by atoms with Crippen LogP contribution in [0.3, 0.4) is 0 Å². The largest absolute Gasteiger partial charge is 0.503 e. The summed E-state index contributed by atoms with van der Waals surface area (Å²) in [6.07, 6.45) is 3.23. The summed E-state index contributed by atoms with van der Waals surface area (Å²) in [7, 11) is 1.53. The van der Waals surface area contributed by atoms with Crippen molar-refractivity contribution in [2.45, 2.75) is 19.9 Å². The molecule has 2 heterocycles. The average Bonchev–Trinajstić information content (AvgIpc) is 3.41. The lowest BCUT2D eigenvalue weighted by molar-refractivity contribution is -0.119. The Morgan fingerprint density at radius 2 is 1.77 bits per heavy atom. The predicted molar refractivity (Wildman–Crippen MR) is 117 cm³/mol. The van der Waals surface area contributed by atoms with E-state index in [2.05, 4.69) is 0 Å². The van der Waals surface area contributed by atoms with Crippen LogP contribution in [0.4, 0.5) is 5.69 Å². The van der Waals surface area contributed by atoms with E-state index in [1.807, 2.05) is 30.3 Å². The van der Waals surface area contributed by atoms with E-state index < -0.39 is 17.7 Å². The lowest BCUT2D eigenvalue weighted by atomic mass is 9.90. The topological polar surface area (TPSA) is 80.0 Å². The van der Waals surface area contributed by atoms with Gasteiger partial charge in [-0.2, -0.15) is 0 Å². The highest BCUT2D eigenvalue weighted by Crippen LogP contribution is 2.44. The normalized spacial score (nSPS) is 16.3. The molecule has 0 unspecified atom stereocenters. The van der Waals surface area contributed by atoms with E-state index in [-0.39, 0.29) is 17.3 Å². The molecule has 1 amide bonds. The number of anilines is 1. The first-order chi connectivity index (χ1) is 14.9. The molecule has 1 aliphatic heterocycles. The Morgan fingerprint density at radius 1 is 1.06 bits per heavy atom. The van der Waals surface area contributed by atoms with Gasteiger partial charge >= 0.3 is 0 Å². The van der Waals surface area contributed by atoms with Gasteiger partial charge in [0.15, 0.2) is 11.5 Å². The zero-order chi connectivity index (χ0) is 22.1. The summed E-state index contributed by atoms with van der Waals surface area (Å²) in [6, 6.07) is 15.6. The molecule has 1 atom stereocenters. The van der Waals surface area contributed by atoms with Crippen molar-refractivity contribution in [3.05, 3.63) is 84.0 Å². The molecule has 1 aliphatic rings. The third-order valence-electron chi connectivity index (χ3n) is 5.43. The minimum Gasteiger partial charge on any atom is -0.503 e. The number of benzene rings is 2. The second-order valence-electron chi connectivity index (χ2n) is 7.66. The van der Waals surface area contributed by atoms with Crippen molar-refractivity contribution in [1.29, 1.82) is 0 Å². The van der Waals surface area contributed by atoms with Crippen molar-refractivity contribution in [2.24, 2.45) is 5.92 Å². The molecule has 6 nitrogen and oxygen atoms in total. The lowest BCUT2D eigenvalue weighted by Crippen LogP contribution is -2.31. The van der Waals surface area contributed by atoms with E-state index in [1.165, 1.54) is 12.0 Å². The van der Waals surface area contributed by atoms with Crippen LogP contribution in [0.5, 0.6) is 5.75 Å². The average molecular weight is 417 g/mol. The number of ketones is 1. The van der Waals surface area contributed by atoms with E-state index in [4.69, 9.17) is 9.15 Å². The molecule has 0 aliphatic carbocycles. The smallest absolute Gasteiger partial charge is 0.294 e. The Kier molecular flexibility index (Phi) is 5.38. The standard InChI is InChI=1S/C25H23NO5/c1-15(2)23(27)21-22(19-6-4-5-7-20(19)30-3)26(25(29)24(21)28)18-10-8-16(9-11-18)17-12-13-31-14-17/h4-15,22,28H,1-3H3/t22-/m0/s1. The van der Waals surface area contributed by atoms with Crippen molar-refractivity contribution in [1.82, 2.24) is 0 Å². The molecule has 0 fully saturated rings. The molecule has 1 N–H and O–H groups in total. The predicted octanol–water partition coefficient (Wildman–Crippen LogP) is 5.08. The van der Waals surface area contributed by atoms with E-state index >= 15 is 0 Å². The number of amides is 1. The molecule has 1 aromatic heterocycles. The third kappa shape index (κ3) is 3.50. The van der Waals surface area contributed by atoms with Gasteiger partial charge in [-0.05, 0) is 29.8 Å². The van der Waals surface area contributed by atoms with E-state index in [9.17, 15) is 14.7 Å². The van der Waals surface area contributed by atoms with E-state index in [0.717, 1.165) is 11.1 Å². The molecule has 3 aromatic rings. The molecule has 0 saturated heterocycles. The number of carbonyl (C=O) groups is 2. The molecule has 31 heavy (non-hydrogen) atoms. The number of aliphatic hydroxyl groups is 1. The van der Waals surface area contributed by atoms with Gasteiger partial charge < -0.3 is 14.3 Å². The van der Waals surface area contributed by atoms with Crippen LogP contribution in [0.1, 0.15) is 25.5 Å². The van der Waals surface area contributed by atoms with Crippen molar-refractivity contribution < 1.29 is 23.8 Å². The van der Waals surface area contributed by atoms with Crippen LogP contribution in [-0.4, -0.2) is 23.9 Å². The summed E-state index contributed by atoms with van der Waals surface area (Å²) in [6.45, 7) is 3.49. The highest BCUT2D eigenvalue weighted by molar-refractivity contribution is 6.17. The second-order valence-corrected chi connectivity index (χ2v) is 7.66. The molecular formula is C25H23NO5. The highest BCUT2D eigenvalue weighted by Gasteiger charge is 2.45. The fourth-order valence-corrected chi connectivity index (χ4v) is 3.86. The van der Waals surface area contributed by atoms with Crippen LogP contribution >= 0.6 is 0 Å². The molecule has 6 heteroatoms. The van der Waals surface area contributed by atoms with Crippen LogP contribution in [0.2, 0.25) is 0 Å². The van der Waals surface area contributed by atoms with Crippen LogP contribution in [0.25, 0.3) is 11.1 Å². The Bertz CT molecular complexity index is 1140. The number of hydrogen-bond acceptors (Lipinski definition) is 5. The number of ether oxygens (including phenoxy) is 1. The van der Waals surface area contributed by atoms with Gasteiger partial charge in [-0.1, -0.05) is 44.2 Å². The van der Waals surface area contributed by atoms with Gasteiger partial charge in [0.1, 0.15) is 5.75 Å². The van der Waals surface area contributed by atoms with Gasteiger partial charge in [0.25, 0.3) is 5.91 Å². The highest BCUT2D eigenvalue weighted by atomic mass is 16.5. The zero-order valence-corrected chi connectivity index (χ0v) is 17.5. The minimum absolute atomic E-state index is 0.0865. The van der Waals surface area contributed by atoms with Gasteiger partial charge in [-0.3, -0.25) is 14.5 Å². The van der Waals surface area contributed by atoms with Crippen molar-refractivity contribution in [2.75, 3.05) is 12.0 Å². The van der Waals surface area contributed by atoms with Gasteiger partial charge in [-0.15, -0.1) is 0 Å². The fourth-order valence-electron chi connectivity index (χ4n) is 3.86. The number of Topliss-reactive ketones (excluding diaryl/α,β-unsaturated/α-hetero) is 1. The first-order valence-electron chi connectivity index (χ1n) is 10.0. The first-order valence-corrected chi connectivity index (χ1v) is 10.0. The van der Waals surface area contributed by atoms with Crippen LogP contribution in [0, 0.1) is 5.92 Å². The third-order valence-corrected chi connectivity index (χ3v) is 5.43. The molecule has 0 bridgehead atoms. The van der Waals surface area contributed by atoms with Crippen LogP contribution < -0.4 is 9.64 Å². The first kappa shape index (κ1) is 20.5. The number of furan rings is 1. The number of aliphatic hydroxyl groups excluding tert-OH is 1. The van der Waals surface area contributed by atoms with Gasteiger partial charge in [-0.25, -0.2) is 0 Å². The molecule has 4 rings (SSSR count). The van der Waals surface area contributed by atoms with Gasteiger partial charge in [0, 0.05) is 22.7 Å². The Labute approximate surface area is 180 Å². The van der Waals surface area contributed by atoms with E-state index in [0.29, 0.717) is 17.0 Å². The zero-order valence-electron chi connectivity index (χ0n) is 17.5. The Balaban J connectivity index is 1.84. The maximum atomic E-state index is 13.2. The second kappa shape index (κ2) is 8.14. The number of methoxy groups -OCH3 is 1. The van der Waals surface area contributed by atoms with Crippen LogP contribution in [0.15, 0.2) is 82.9 Å². The molecule has 158 valence electrons. The summed E-state index contributed by atoms with van der Waals surface area (Å²) in [5, 5.41) is 10.7. The molecule has 0 saturated carbocycles. The van der Waals surface area contributed by atoms with Crippen LogP contribution in [-0.2, 0) is 9.59 Å². The Hall–Kier alpha value is -3.80. The number of rotatable bonds is 6.